The summed E-state index contributed by atoms with van der Waals surface area (Å²) in [5.41, 5.74) is 2.99. The predicted molar refractivity (Wildman–Crippen MR) is 121 cm³/mol. The van der Waals surface area contributed by atoms with Crippen LogP contribution < -0.4 is 10.6 Å². The zero-order valence-corrected chi connectivity index (χ0v) is 18.5. The van der Waals surface area contributed by atoms with E-state index in [1.807, 2.05) is 36.4 Å². The molecule has 8 heteroatoms. The maximum absolute atomic E-state index is 12.5. The van der Waals surface area contributed by atoms with Crippen molar-refractivity contribution in [3.05, 3.63) is 65.5 Å². The standard InChI is InChI=1S/C24H28N4O4/c1-16(2)11-20(26-15-29)23-27-19-12-18(24(31)25-13-22(30)32-3)9-10-21(19)28(23)14-17-7-5-4-6-8-17/h4-10,12,15-16,20H,11,13-14H2,1-3H3,(H,25,31)(H,26,29). The summed E-state index contributed by atoms with van der Waals surface area (Å²) in [7, 11) is 1.27. The lowest BCUT2D eigenvalue weighted by Crippen LogP contribution is -2.30. The Hall–Kier alpha value is -3.68. The quantitative estimate of drug-likeness (QED) is 0.376. The third-order valence-electron chi connectivity index (χ3n) is 5.13. The van der Waals surface area contributed by atoms with Crippen molar-refractivity contribution in [1.82, 2.24) is 20.2 Å². The molecule has 1 aromatic heterocycles. The minimum Gasteiger partial charge on any atom is -0.468 e. The van der Waals surface area contributed by atoms with Crippen LogP contribution in [0.15, 0.2) is 48.5 Å². The monoisotopic (exact) mass is 436 g/mol. The number of imidazole rings is 1. The molecule has 0 aliphatic carbocycles. The first-order valence-electron chi connectivity index (χ1n) is 10.5. The van der Waals surface area contributed by atoms with Crippen LogP contribution in [-0.4, -0.2) is 41.5 Å². The number of methoxy groups -OCH3 is 1. The first kappa shape index (κ1) is 23.0. The van der Waals surface area contributed by atoms with E-state index in [1.165, 1.54) is 7.11 Å². The Morgan fingerprint density at radius 2 is 1.91 bits per heavy atom. The second-order valence-electron chi connectivity index (χ2n) is 7.97. The zero-order chi connectivity index (χ0) is 23.1. The Morgan fingerprint density at radius 1 is 1.16 bits per heavy atom. The van der Waals surface area contributed by atoms with Gasteiger partial charge >= 0.3 is 5.97 Å². The first-order chi connectivity index (χ1) is 15.4. The lowest BCUT2D eigenvalue weighted by atomic mass is 10.0. The molecule has 0 aliphatic heterocycles. The van der Waals surface area contributed by atoms with Crippen LogP contribution in [0.1, 0.15) is 48.1 Å². The first-order valence-corrected chi connectivity index (χ1v) is 10.5. The average molecular weight is 437 g/mol. The topological polar surface area (TPSA) is 102 Å². The van der Waals surface area contributed by atoms with Crippen molar-refractivity contribution in [1.29, 1.82) is 0 Å². The molecule has 2 amide bonds. The van der Waals surface area contributed by atoms with Crippen molar-refractivity contribution in [3.8, 4) is 0 Å². The summed E-state index contributed by atoms with van der Waals surface area (Å²) in [6.45, 7) is 4.55. The highest BCUT2D eigenvalue weighted by atomic mass is 16.5. The fourth-order valence-corrected chi connectivity index (χ4v) is 3.62. The van der Waals surface area contributed by atoms with Crippen LogP contribution in [0.2, 0.25) is 0 Å². The minimum atomic E-state index is -0.523. The lowest BCUT2D eigenvalue weighted by molar-refractivity contribution is -0.139. The van der Waals surface area contributed by atoms with E-state index >= 15 is 0 Å². The van der Waals surface area contributed by atoms with Gasteiger partial charge in [0.15, 0.2) is 0 Å². The zero-order valence-electron chi connectivity index (χ0n) is 18.5. The van der Waals surface area contributed by atoms with Crippen LogP contribution in [0.4, 0.5) is 0 Å². The van der Waals surface area contributed by atoms with Gasteiger partial charge in [-0.3, -0.25) is 14.4 Å². The third kappa shape index (κ3) is 5.51. The van der Waals surface area contributed by atoms with Crippen molar-refractivity contribution in [2.24, 2.45) is 5.92 Å². The highest BCUT2D eigenvalue weighted by Gasteiger charge is 2.22. The molecular formula is C24H28N4O4. The molecule has 0 spiro atoms. The molecule has 0 radical (unpaired) electrons. The number of nitrogens with one attached hydrogen (secondary N) is 2. The molecule has 168 valence electrons. The molecule has 8 nitrogen and oxygen atoms in total. The van der Waals surface area contributed by atoms with Crippen molar-refractivity contribution in [2.75, 3.05) is 13.7 Å². The van der Waals surface area contributed by atoms with Gasteiger partial charge in [0, 0.05) is 12.1 Å². The van der Waals surface area contributed by atoms with E-state index in [-0.39, 0.29) is 18.5 Å². The van der Waals surface area contributed by atoms with Crippen molar-refractivity contribution in [3.63, 3.8) is 0 Å². The highest BCUT2D eigenvalue weighted by Crippen LogP contribution is 2.27. The maximum Gasteiger partial charge on any atom is 0.325 e. The number of amides is 2. The molecule has 1 atom stereocenters. The SMILES string of the molecule is COC(=O)CNC(=O)c1ccc2c(c1)nc(C(CC(C)C)NC=O)n2Cc1ccccc1. The number of benzene rings is 2. The van der Waals surface area contributed by atoms with E-state index < -0.39 is 5.97 Å². The molecule has 2 N–H and O–H groups in total. The van der Waals surface area contributed by atoms with E-state index in [0.29, 0.717) is 30.0 Å². The van der Waals surface area contributed by atoms with Crippen LogP contribution in [-0.2, 0) is 20.9 Å². The fraction of sp³-hybridized carbons (Fsp3) is 0.333. The van der Waals surface area contributed by atoms with E-state index in [4.69, 9.17) is 4.98 Å². The Balaban J connectivity index is 2.02. The maximum atomic E-state index is 12.5. The van der Waals surface area contributed by atoms with Gasteiger partial charge in [-0.25, -0.2) is 4.98 Å². The normalized spacial score (nSPS) is 11.9. The molecule has 0 saturated carbocycles. The number of ether oxygens (including phenoxy) is 1. The number of nitrogens with zero attached hydrogens (tertiary/aromatic N) is 2. The smallest absolute Gasteiger partial charge is 0.325 e. The lowest BCUT2D eigenvalue weighted by Gasteiger charge is -2.20. The summed E-state index contributed by atoms with van der Waals surface area (Å²) in [6, 6.07) is 15.0. The van der Waals surface area contributed by atoms with Crippen LogP contribution in [0.5, 0.6) is 0 Å². The van der Waals surface area contributed by atoms with E-state index in [1.54, 1.807) is 12.1 Å². The number of esters is 1. The second-order valence-corrected chi connectivity index (χ2v) is 7.97. The van der Waals surface area contributed by atoms with Crippen LogP contribution >= 0.6 is 0 Å². The summed E-state index contributed by atoms with van der Waals surface area (Å²) in [4.78, 5) is 39.9. The van der Waals surface area contributed by atoms with E-state index in [2.05, 4.69) is 33.8 Å². The molecule has 3 aromatic rings. The fourth-order valence-electron chi connectivity index (χ4n) is 3.62. The predicted octanol–water partition coefficient (Wildman–Crippen LogP) is 2.82. The molecule has 0 fully saturated rings. The molecule has 1 unspecified atom stereocenters. The largest absolute Gasteiger partial charge is 0.468 e. The average Bonchev–Trinajstić information content (AvgIpc) is 3.14. The molecular weight excluding hydrogens is 408 g/mol. The Morgan fingerprint density at radius 3 is 2.56 bits per heavy atom. The molecule has 0 bridgehead atoms. The molecule has 32 heavy (non-hydrogen) atoms. The Labute approximate surface area is 187 Å². The third-order valence-corrected chi connectivity index (χ3v) is 5.13. The summed E-state index contributed by atoms with van der Waals surface area (Å²) in [5, 5.41) is 5.44. The van der Waals surface area contributed by atoms with Crippen molar-refractivity contribution >= 4 is 29.3 Å². The number of rotatable bonds is 10. The number of fused-ring (bicyclic) bond motifs is 1. The van der Waals surface area contributed by atoms with Gasteiger partial charge in [-0.05, 0) is 36.1 Å². The number of hydrogen-bond donors (Lipinski definition) is 2. The number of carbonyl (C=O) groups is 3. The molecule has 0 saturated heterocycles. The van der Waals surface area contributed by atoms with E-state index in [9.17, 15) is 14.4 Å². The Kier molecular flexibility index (Phi) is 7.59. The summed E-state index contributed by atoms with van der Waals surface area (Å²) >= 11 is 0. The summed E-state index contributed by atoms with van der Waals surface area (Å²) < 4.78 is 6.63. The number of carbonyl (C=O) groups excluding carboxylic acids is 3. The van der Waals surface area contributed by atoms with Crippen molar-refractivity contribution < 1.29 is 19.1 Å². The van der Waals surface area contributed by atoms with Crippen molar-refractivity contribution in [2.45, 2.75) is 32.9 Å². The summed E-state index contributed by atoms with van der Waals surface area (Å²) in [6.07, 6.45) is 1.42. The van der Waals surface area contributed by atoms with Gasteiger partial charge in [0.1, 0.15) is 12.4 Å². The number of aromatic nitrogens is 2. The van der Waals surface area contributed by atoms with E-state index in [0.717, 1.165) is 23.3 Å². The highest BCUT2D eigenvalue weighted by molar-refractivity contribution is 5.98. The number of hydrogen-bond acceptors (Lipinski definition) is 5. The van der Waals surface area contributed by atoms with Gasteiger partial charge in [0.2, 0.25) is 6.41 Å². The minimum absolute atomic E-state index is 0.208. The molecule has 3 rings (SSSR count). The molecule has 2 aromatic carbocycles. The van der Waals surface area contributed by atoms with Gasteiger partial charge in [0.05, 0.1) is 24.2 Å². The van der Waals surface area contributed by atoms with Gasteiger partial charge in [-0.1, -0.05) is 44.2 Å². The van der Waals surface area contributed by atoms with Gasteiger partial charge < -0.3 is 19.9 Å². The Bertz CT molecular complexity index is 1090. The second kappa shape index (κ2) is 10.6. The van der Waals surface area contributed by atoms with Gasteiger partial charge in [-0.15, -0.1) is 0 Å². The molecule has 0 aliphatic rings. The van der Waals surface area contributed by atoms with Crippen LogP contribution in [0, 0.1) is 5.92 Å². The van der Waals surface area contributed by atoms with Crippen LogP contribution in [0.25, 0.3) is 11.0 Å². The molecule has 1 heterocycles. The summed E-state index contributed by atoms with van der Waals surface area (Å²) in [5.74, 6) is 0.167. The van der Waals surface area contributed by atoms with Crippen LogP contribution in [0.3, 0.4) is 0 Å². The van der Waals surface area contributed by atoms with Gasteiger partial charge in [0.25, 0.3) is 5.91 Å². The van der Waals surface area contributed by atoms with Gasteiger partial charge in [-0.2, -0.15) is 0 Å².